The number of nitrogens with zero attached hydrogens (tertiary/aromatic N) is 2. The summed E-state index contributed by atoms with van der Waals surface area (Å²) in [6.45, 7) is 3.31. The molecule has 0 spiro atoms. The van der Waals surface area contributed by atoms with Crippen LogP contribution in [0.3, 0.4) is 0 Å². The fraction of sp³-hybridized carbons (Fsp3) is 0.667. The molecule has 1 aliphatic rings. The Balaban J connectivity index is 2.11. The first-order chi connectivity index (χ1) is 11.5. The highest BCUT2D eigenvalue weighted by Gasteiger charge is 2.64. The predicted molar refractivity (Wildman–Crippen MR) is 80.4 cm³/mol. The normalized spacial score (nSPS) is 31.0. The molecule has 5 atom stereocenters. The van der Waals surface area contributed by atoms with E-state index in [0.29, 0.717) is 0 Å². The Morgan fingerprint density at radius 1 is 1.40 bits per heavy atom. The van der Waals surface area contributed by atoms with Crippen LogP contribution in [0.5, 0.6) is 0 Å². The molecule has 0 radical (unpaired) electrons. The highest BCUT2D eigenvalue weighted by Crippen LogP contribution is 2.49. The average Bonchev–Trinajstić information content (AvgIpc) is 2.80. The maximum absolute atomic E-state index is 13.3. The maximum Gasteiger partial charge on any atom is 0.417 e. The lowest BCUT2D eigenvalue weighted by Gasteiger charge is -2.31. The highest BCUT2D eigenvalue weighted by atomic mass is 19.4. The molecule has 1 aromatic rings. The fourth-order valence-electron chi connectivity index (χ4n) is 2.73. The van der Waals surface area contributed by atoms with Crippen LogP contribution in [0, 0.1) is 11.8 Å². The summed E-state index contributed by atoms with van der Waals surface area (Å²) in [7, 11) is 0. The van der Waals surface area contributed by atoms with Crippen LogP contribution < -0.4 is 5.32 Å². The van der Waals surface area contributed by atoms with Gasteiger partial charge in [-0.05, 0) is 18.8 Å². The molecular weight excluding hydrogens is 343 g/mol. The van der Waals surface area contributed by atoms with Crippen molar-refractivity contribution in [3.63, 3.8) is 0 Å². The van der Waals surface area contributed by atoms with Gasteiger partial charge in [-0.15, -0.1) is 0 Å². The number of aliphatic hydroxyl groups is 2. The largest absolute Gasteiger partial charge is 0.417 e. The first-order valence-corrected chi connectivity index (χ1v) is 7.67. The second-order valence-corrected chi connectivity index (χ2v) is 6.31. The van der Waals surface area contributed by atoms with E-state index in [1.807, 2.05) is 0 Å². The zero-order chi connectivity index (χ0) is 19.0. The molecule has 7 nitrogen and oxygen atoms in total. The molecule has 2 heterocycles. The van der Waals surface area contributed by atoms with Crippen LogP contribution in [-0.2, 0) is 9.53 Å². The van der Waals surface area contributed by atoms with Gasteiger partial charge in [0.1, 0.15) is 12.2 Å². The lowest BCUT2D eigenvalue weighted by atomic mass is 9.82. The van der Waals surface area contributed by atoms with Crippen LogP contribution in [0.4, 0.5) is 18.9 Å². The SMILES string of the molecule is C[C@@H]1C(C(=O)Nc2cnc(C(O)CO)nc2)O[C@](C)(C(F)(F)F)[C@@H]1C. The lowest BCUT2D eigenvalue weighted by Crippen LogP contribution is -2.47. The Bertz CT molecular complexity index is 625. The Morgan fingerprint density at radius 2 is 1.96 bits per heavy atom. The van der Waals surface area contributed by atoms with Gasteiger partial charge < -0.3 is 20.3 Å². The Morgan fingerprint density at radius 3 is 2.40 bits per heavy atom. The molecule has 2 unspecified atom stereocenters. The summed E-state index contributed by atoms with van der Waals surface area (Å²) in [6.07, 6.45) is -4.75. The molecule has 140 valence electrons. The van der Waals surface area contributed by atoms with E-state index in [4.69, 9.17) is 9.84 Å². The van der Waals surface area contributed by atoms with Gasteiger partial charge in [-0.1, -0.05) is 13.8 Å². The van der Waals surface area contributed by atoms with Crippen LogP contribution in [0.25, 0.3) is 0 Å². The summed E-state index contributed by atoms with van der Waals surface area (Å²) in [5.41, 5.74) is -2.26. The molecule has 1 saturated heterocycles. The summed E-state index contributed by atoms with van der Waals surface area (Å²) < 4.78 is 44.9. The molecule has 1 aliphatic heterocycles. The van der Waals surface area contributed by atoms with Gasteiger partial charge in [0.05, 0.1) is 24.7 Å². The van der Waals surface area contributed by atoms with Crippen molar-refractivity contribution in [2.45, 2.75) is 44.8 Å². The highest BCUT2D eigenvalue weighted by molar-refractivity contribution is 5.94. The molecule has 25 heavy (non-hydrogen) atoms. The van der Waals surface area contributed by atoms with Crippen molar-refractivity contribution >= 4 is 11.6 Å². The number of carbonyl (C=O) groups is 1. The first kappa shape index (κ1) is 19.5. The van der Waals surface area contributed by atoms with Crippen molar-refractivity contribution in [1.82, 2.24) is 9.97 Å². The quantitative estimate of drug-likeness (QED) is 0.748. The molecule has 1 aromatic heterocycles. The number of rotatable bonds is 4. The maximum atomic E-state index is 13.3. The number of aliphatic hydroxyl groups excluding tert-OH is 2. The van der Waals surface area contributed by atoms with Crippen molar-refractivity contribution in [3.05, 3.63) is 18.2 Å². The number of ether oxygens (including phenoxy) is 1. The summed E-state index contributed by atoms with van der Waals surface area (Å²) in [5, 5.41) is 20.6. The molecule has 1 fully saturated rings. The third-order valence-corrected chi connectivity index (χ3v) is 4.74. The smallest absolute Gasteiger partial charge is 0.393 e. The number of halogens is 3. The van der Waals surface area contributed by atoms with Crippen LogP contribution in [0.15, 0.2) is 12.4 Å². The van der Waals surface area contributed by atoms with Gasteiger partial charge in [0.2, 0.25) is 0 Å². The number of amides is 1. The monoisotopic (exact) mass is 363 g/mol. The molecule has 0 bridgehead atoms. The van der Waals surface area contributed by atoms with E-state index in [9.17, 15) is 23.1 Å². The first-order valence-electron chi connectivity index (χ1n) is 7.67. The number of alkyl halides is 3. The number of aromatic nitrogens is 2. The number of nitrogens with one attached hydrogen (secondary N) is 1. The lowest BCUT2D eigenvalue weighted by molar-refractivity contribution is -0.272. The number of hydrogen-bond donors (Lipinski definition) is 3. The van der Waals surface area contributed by atoms with E-state index < -0.39 is 48.3 Å². The van der Waals surface area contributed by atoms with Crippen molar-refractivity contribution in [2.24, 2.45) is 11.8 Å². The molecule has 0 aliphatic carbocycles. The van der Waals surface area contributed by atoms with Gasteiger partial charge in [0.25, 0.3) is 5.91 Å². The zero-order valence-corrected chi connectivity index (χ0v) is 13.9. The summed E-state index contributed by atoms with van der Waals surface area (Å²) in [4.78, 5) is 19.9. The van der Waals surface area contributed by atoms with Crippen molar-refractivity contribution in [2.75, 3.05) is 11.9 Å². The van der Waals surface area contributed by atoms with Crippen molar-refractivity contribution < 1.29 is 32.9 Å². The zero-order valence-electron chi connectivity index (χ0n) is 13.9. The summed E-state index contributed by atoms with van der Waals surface area (Å²) in [5.74, 6) is -2.32. The minimum Gasteiger partial charge on any atom is -0.393 e. The third kappa shape index (κ3) is 3.60. The van der Waals surface area contributed by atoms with Gasteiger partial charge in [-0.3, -0.25) is 4.79 Å². The summed E-state index contributed by atoms with van der Waals surface area (Å²) >= 11 is 0. The van der Waals surface area contributed by atoms with Crippen LogP contribution >= 0.6 is 0 Å². The van der Waals surface area contributed by atoms with E-state index in [-0.39, 0.29) is 11.5 Å². The van der Waals surface area contributed by atoms with Crippen molar-refractivity contribution in [1.29, 1.82) is 0 Å². The van der Waals surface area contributed by atoms with Gasteiger partial charge >= 0.3 is 6.18 Å². The standard InChI is InChI=1S/C15H20F3N3O4/c1-7-8(2)14(3,15(16,17)18)25-11(7)13(24)21-9-4-19-12(20-5-9)10(23)6-22/h4-5,7-8,10-11,22-23H,6H2,1-3H3,(H,21,24)/t7-,8+,10?,11?,14-/m0/s1. The Labute approximate surface area is 142 Å². The molecule has 0 aromatic carbocycles. The van der Waals surface area contributed by atoms with E-state index in [1.54, 1.807) is 0 Å². The van der Waals surface area contributed by atoms with Crippen LogP contribution in [-0.4, -0.2) is 50.6 Å². The number of anilines is 1. The van der Waals surface area contributed by atoms with E-state index in [2.05, 4.69) is 15.3 Å². The van der Waals surface area contributed by atoms with E-state index in [0.717, 1.165) is 6.92 Å². The average molecular weight is 363 g/mol. The number of hydrogen-bond acceptors (Lipinski definition) is 6. The second kappa shape index (κ2) is 6.85. The van der Waals surface area contributed by atoms with E-state index in [1.165, 1.54) is 26.2 Å². The van der Waals surface area contributed by atoms with Gasteiger partial charge in [0.15, 0.2) is 11.4 Å². The minimum atomic E-state index is -4.60. The molecule has 0 saturated carbocycles. The molecule has 1 amide bonds. The summed E-state index contributed by atoms with van der Waals surface area (Å²) in [6, 6.07) is 0. The van der Waals surface area contributed by atoms with Gasteiger partial charge in [-0.2, -0.15) is 13.2 Å². The van der Waals surface area contributed by atoms with Crippen LogP contribution in [0.1, 0.15) is 32.7 Å². The molecule has 2 rings (SSSR count). The van der Waals surface area contributed by atoms with Gasteiger partial charge in [-0.25, -0.2) is 9.97 Å². The fourth-order valence-corrected chi connectivity index (χ4v) is 2.73. The minimum absolute atomic E-state index is 0.0377. The topological polar surface area (TPSA) is 105 Å². The molecular formula is C15H20F3N3O4. The Kier molecular flexibility index (Phi) is 5.35. The van der Waals surface area contributed by atoms with Crippen molar-refractivity contribution in [3.8, 4) is 0 Å². The Hall–Kier alpha value is -1.78. The third-order valence-electron chi connectivity index (χ3n) is 4.74. The second-order valence-electron chi connectivity index (χ2n) is 6.31. The molecule has 3 N–H and O–H groups in total. The number of carbonyl (C=O) groups excluding carboxylic acids is 1. The van der Waals surface area contributed by atoms with Gasteiger partial charge in [0, 0.05) is 0 Å². The van der Waals surface area contributed by atoms with Crippen LogP contribution in [0.2, 0.25) is 0 Å². The molecule has 10 heteroatoms. The predicted octanol–water partition coefficient (Wildman–Crippen LogP) is 1.43. The van der Waals surface area contributed by atoms with E-state index >= 15 is 0 Å².